The molecule has 0 amide bonds. The standard InChI is InChI=1S/C17H16N4/c18-17-20-15(12-11-13-7-3-1-4-8-13)19-16(21-17)14-9-5-2-6-10-14/h1-10H,11-12H2,(H2,18,19,20,21). The van der Waals surface area contributed by atoms with Gasteiger partial charge in [0.05, 0.1) is 0 Å². The van der Waals surface area contributed by atoms with Crippen molar-refractivity contribution in [3.05, 3.63) is 72.1 Å². The third kappa shape index (κ3) is 3.42. The van der Waals surface area contributed by atoms with Crippen LogP contribution in [0.1, 0.15) is 11.4 Å². The average Bonchev–Trinajstić information content (AvgIpc) is 2.54. The van der Waals surface area contributed by atoms with Gasteiger partial charge >= 0.3 is 0 Å². The molecule has 1 aromatic heterocycles. The van der Waals surface area contributed by atoms with Crippen LogP contribution in [0.5, 0.6) is 0 Å². The number of aryl methyl sites for hydroxylation is 2. The maximum atomic E-state index is 5.80. The smallest absolute Gasteiger partial charge is 0.223 e. The van der Waals surface area contributed by atoms with Crippen LogP contribution in [0, 0.1) is 0 Å². The Bertz CT molecular complexity index is 711. The second kappa shape index (κ2) is 6.13. The fourth-order valence-electron chi connectivity index (χ4n) is 2.17. The van der Waals surface area contributed by atoms with Gasteiger partial charge in [0, 0.05) is 12.0 Å². The van der Waals surface area contributed by atoms with Gasteiger partial charge in [-0.1, -0.05) is 60.7 Å². The van der Waals surface area contributed by atoms with E-state index in [0.29, 0.717) is 5.82 Å². The molecular weight excluding hydrogens is 260 g/mol. The highest BCUT2D eigenvalue weighted by atomic mass is 15.1. The van der Waals surface area contributed by atoms with Crippen molar-refractivity contribution in [3.8, 4) is 11.4 Å². The molecule has 4 heteroatoms. The molecule has 0 atom stereocenters. The maximum Gasteiger partial charge on any atom is 0.223 e. The highest BCUT2D eigenvalue weighted by Gasteiger charge is 2.06. The lowest BCUT2D eigenvalue weighted by molar-refractivity contribution is 0.846. The minimum Gasteiger partial charge on any atom is -0.368 e. The quantitative estimate of drug-likeness (QED) is 0.795. The van der Waals surface area contributed by atoms with E-state index < -0.39 is 0 Å². The van der Waals surface area contributed by atoms with E-state index in [0.717, 1.165) is 24.2 Å². The number of benzene rings is 2. The van der Waals surface area contributed by atoms with Gasteiger partial charge in [-0.25, -0.2) is 4.98 Å². The summed E-state index contributed by atoms with van der Waals surface area (Å²) >= 11 is 0. The zero-order valence-electron chi connectivity index (χ0n) is 11.6. The highest BCUT2D eigenvalue weighted by molar-refractivity contribution is 5.55. The first kappa shape index (κ1) is 13.2. The van der Waals surface area contributed by atoms with Gasteiger partial charge in [-0.2, -0.15) is 9.97 Å². The fourth-order valence-corrected chi connectivity index (χ4v) is 2.17. The molecule has 0 radical (unpaired) electrons. The molecule has 3 rings (SSSR count). The van der Waals surface area contributed by atoms with Gasteiger partial charge in [-0.15, -0.1) is 0 Å². The Hall–Kier alpha value is -2.75. The van der Waals surface area contributed by atoms with Crippen LogP contribution in [0.3, 0.4) is 0 Å². The van der Waals surface area contributed by atoms with E-state index in [9.17, 15) is 0 Å². The number of nitrogens with two attached hydrogens (primary N) is 1. The number of hydrogen-bond donors (Lipinski definition) is 1. The fraction of sp³-hybridized carbons (Fsp3) is 0.118. The van der Waals surface area contributed by atoms with Crippen LogP contribution in [-0.4, -0.2) is 15.0 Å². The molecule has 1 heterocycles. The maximum absolute atomic E-state index is 5.80. The third-order valence-corrected chi connectivity index (χ3v) is 3.21. The Kier molecular flexibility index (Phi) is 3.87. The van der Waals surface area contributed by atoms with Crippen LogP contribution in [-0.2, 0) is 12.8 Å². The minimum absolute atomic E-state index is 0.270. The molecule has 0 saturated carbocycles. The molecule has 3 aromatic rings. The van der Waals surface area contributed by atoms with E-state index in [4.69, 9.17) is 5.73 Å². The normalized spacial score (nSPS) is 10.5. The number of nitrogens with zero attached hydrogens (tertiary/aromatic N) is 3. The molecule has 21 heavy (non-hydrogen) atoms. The highest BCUT2D eigenvalue weighted by Crippen LogP contribution is 2.15. The number of nitrogen functional groups attached to an aromatic ring is 1. The Balaban J connectivity index is 1.82. The molecule has 0 spiro atoms. The van der Waals surface area contributed by atoms with E-state index in [1.807, 2.05) is 48.5 Å². The van der Waals surface area contributed by atoms with Crippen molar-refractivity contribution in [2.75, 3.05) is 5.73 Å². The average molecular weight is 276 g/mol. The lowest BCUT2D eigenvalue weighted by atomic mass is 10.1. The summed E-state index contributed by atoms with van der Waals surface area (Å²) in [7, 11) is 0. The van der Waals surface area contributed by atoms with Gasteiger partial charge in [-0.3, -0.25) is 0 Å². The van der Waals surface area contributed by atoms with Crippen molar-refractivity contribution in [2.45, 2.75) is 12.8 Å². The van der Waals surface area contributed by atoms with Crippen LogP contribution in [0.4, 0.5) is 5.95 Å². The van der Waals surface area contributed by atoms with Crippen molar-refractivity contribution in [1.29, 1.82) is 0 Å². The second-order valence-corrected chi connectivity index (χ2v) is 4.79. The molecule has 0 bridgehead atoms. The molecule has 0 aliphatic rings. The molecule has 4 nitrogen and oxygen atoms in total. The van der Waals surface area contributed by atoms with Crippen LogP contribution in [0.25, 0.3) is 11.4 Å². The molecule has 0 fully saturated rings. The molecule has 0 aliphatic carbocycles. The first-order valence-electron chi connectivity index (χ1n) is 6.91. The van der Waals surface area contributed by atoms with Crippen molar-refractivity contribution in [1.82, 2.24) is 15.0 Å². The van der Waals surface area contributed by atoms with Gasteiger partial charge in [0.15, 0.2) is 5.82 Å². The van der Waals surface area contributed by atoms with Gasteiger partial charge in [0.1, 0.15) is 5.82 Å². The number of aromatic nitrogens is 3. The lowest BCUT2D eigenvalue weighted by Gasteiger charge is -2.05. The summed E-state index contributed by atoms with van der Waals surface area (Å²) in [6, 6.07) is 20.1. The van der Waals surface area contributed by atoms with Gasteiger partial charge in [0.2, 0.25) is 5.95 Å². The summed E-state index contributed by atoms with van der Waals surface area (Å²) in [4.78, 5) is 13.0. The Morgan fingerprint density at radius 3 is 2.10 bits per heavy atom. The third-order valence-electron chi connectivity index (χ3n) is 3.21. The molecule has 2 N–H and O–H groups in total. The SMILES string of the molecule is Nc1nc(CCc2ccccc2)nc(-c2ccccc2)n1. The predicted molar refractivity (Wildman–Crippen MR) is 83.5 cm³/mol. The van der Waals surface area contributed by atoms with E-state index in [1.165, 1.54) is 5.56 Å². The van der Waals surface area contributed by atoms with Gasteiger partial charge in [-0.05, 0) is 12.0 Å². The first-order valence-corrected chi connectivity index (χ1v) is 6.91. The van der Waals surface area contributed by atoms with E-state index in [-0.39, 0.29) is 5.95 Å². The molecular formula is C17H16N4. The van der Waals surface area contributed by atoms with E-state index >= 15 is 0 Å². The zero-order chi connectivity index (χ0) is 14.5. The topological polar surface area (TPSA) is 64.7 Å². The van der Waals surface area contributed by atoms with Crippen LogP contribution in [0.15, 0.2) is 60.7 Å². The van der Waals surface area contributed by atoms with Crippen molar-refractivity contribution in [2.24, 2.45) is 0 Å². The van der Waals surface area contributed by atoms with Crippen LogP contribution in [0.2, 0.25) is 0 Å². The largest absolute Gasteiger partial charge is 0.368 e. The number of hydrogen-bond acceptors (Lipinski definition) is 4. The monoisotopic (exact) mass is 276 g/mol. The first-order chi connectivity index (χ1) is 10.3. The lowest BCUT2D eigenvalue weighted by Crippen LogP contribution is -2.06. The van der Waals surface area contributed by atoms with Crippen molar-refractivity contribution < 1.29 is 0 Å². The summed E-state index contributed by atoms with van der Waals surface area (Å²) in [6.45, 7) is 0. The Morgan fingerprint density at radius 2 is 1.38 bits per heavy atom. The van der Waals surface area contributed by atoms with Gasteiger partial charge < -0.3 is 5.73 Å². The van der Waals surface area contributed by atoms with E-state index in [2.05, 4.69) is 27.1 Å². The summed E-state index contributed by atoms with van der Waals surface area (Å²) in [5.41, 5.74) is 8.02. The van der Waals surface area contributed by atoms with E-state index in [1.54, 1.807) is 0 Å². The number of anilines is 1. The zero-order valence-corrected chi connectivity index (χ0v) is 11.6. The molecule has 0 aliphatic heterocycles. The molecule has 104 valence electrons. The number of rotatable bonds is 4. The molecule has 2 aromatic carbocycles. The van der Waals surface area contributed by atoms with Crippen LogP contribution >= 0.6 is 0 Å². The Morgan fingerprint density at radius 1 is 0.714 bits per heavy atom. The summed E-state index contributed by atoms with van der Waals surface area (Å²) in [5, 5.41) is 0. The molecule has 0 unspecified atom stereocenters. The predicted octanol–water partition coefficient (Wildman–Crippen LogP) is 2.91. The summed E-state index contributed by atoms with van der Waals surface area (Å²) in [6.07, 6.45) is 1.63. The minimum atomic E-state index is 0.270. The summed E-state index contributed by atoms with van der Waals surface area (Å²) < 4.78 is 0. The van der Waals surface area contributed by atoms with Crippen LogP contribution < -0.4 is 5.73 Å². The van der Waals surface area contributed by atoms with Crippen molar-refractivity contribution in [3.63, 3.8) is 0 Å². The van der Waals surface area contributed by atoms with Gasteiger partial charge in [0.25, 0.3) is 0 Å². The summed E-state index contributed by atoms with van der Waals surface area (Å²) in [5.74, 6) is 1.63. The van der Waals surface area contributed by atoms with Crippen molar-refractivity contribution >= 4 is 5.95 Å². The Labute approximate surface area is 123 Å². The molecule has 0 saturated heterocycles. The second-order valence-electron chi connectivity index (χ2n) is 4.79.